The maximum atomic E-state index is 11.8. The van der Waals surface area contributed by atoms with Crippen LogP contribution in [0.1, 0.15) is 19.4 Å². The van der Waals surface area contributed by atoms with Crippen molar-refractivity contribution in [1.29, 1.82) is 0 Å². The molecule has 3 aromatic rings. The molecular formula is C25H30N2O6. The number of aromatic amines is 1. The normalized spacial score (nSPS) is 16.9. The lowest BCUT2D eigenvalue weighted by atomic mass is 10.1. The minimum atomic E-state index is -0.738. The number of hydrogen-bond donors (Lipinski definition) is 3. The summed E-state index contributed by atoms with van der Waals surface area (Å²) in [6, 6.07) is 13.6. The molecule has 8 nitrogen and oxygen atoms in total. The molecule has 1 aliphatic heterocycles. The fraction of sp³-hybridized carbons (Fsp3) is 0.400. The Morgan fingerprint density at radius 3 is 2.97 bits per heavy atom. The first-order valence-electron chi connectivity index (χ1n) is 11.2. The predicted molar refractivity (Wildman–Crippen MR) is 124 cm³/mol. The summed E-state index contributed by atoms with van der Waals surface area (Å²) in [5, 5.41) is 14.7. The molecule has 3 atom stereocenters. The Bertz CT molecular complexity index is 1080. The average Bonchev–Trinajstić information content (AvgIpc) is 3.29. The highest BCUT2D eigenvalue weighted by Crippen LogP contribution is 2.33. The van der Waals surface area contributed by atoms with Crippen LogP contribution in [0.15, 0.2) is 48.7 Å². The van der Waals surface area contributed by atoms with E-state index in [0.29, 0.717) is 24.7 Å². The molecule has 3 N–H and O–H groups in total. The summed E-state index contributed by atoms with van der Waals surface area (Å²) in [6.07, 6.45) is 1.26. The predicted octanol–water partition coefficient (Wildman–Crippen LogP) is 2.83. The molecule has 1 aromatic heterocycles. The molecule has 0 saturated carbocycles. The molecule has 33 heavy (non-hydrogen) atoms. The van der Waals surface area contributed by atoms with Crippen molar-refractivity contribution in [3.63, 3.8) is 0 Å². The third kappa shape index (κ3) is 5.97. The van der Waals surface area contributed by atoms with Gasteiger partial charge in [0.2, 0.25) is 6.10 Å². The summed E-state index contributed by atoms with van der Waals surface area (Å²) in [5.74, 6) is 1.47. The van der Waals surface area contributed by atoms with E-state index in [2.05, 4.69) is 17.2 Å². The third-order valence-corrected chi connectivity index (χ3v) is 5.43. The van der Waals surface area contributed by atoms with Crippen molar-refractivity contribution in [2.24, 2.45) is 0 Å². The number of rotatable bonds is 10. The SMILES string of the molecule is CCOC(=O)[C@H]1COc2cc(C[C@@H](C)NC[C@H](O)COc3ccc4[nH]ccc4c3)ccc2O1. The van der Waals surface area contributed by atoms with Gasteiger partial charge in [0, 0.05) is 29.7 Å². The van der Waals surface area contributed by atoms with Gasteiger partial charge in [0.25, 0.3) is 0 Å². The van der Waals surface area contributed by atoms with E-state index in [1.54, 1.807) is 6.92 Å². The molecule has 4 rings (SSSR count). The van der Waals surface area contributed by atoms with E-state index in [1.165, 1.54) is 0 Å². The largest absolute Gasteiger partial charge is 0.491 e. The van der Waals surface area contributed by atoms with Gasteiger partial charge in [0.1, 0.15) is 25.1 Å². The monoisotopic (exact) mass is 454 g/mol. The number of ether oxygens (including phenoxy) is 4. The number of aliphatic hydroxyl groups is 1. The van der Waals surface area contributed by atoms with Crippen molar-refractivity contribution in [2.45, 2.75) is 38.5 Å². The van der Waals surface area contributed by atoms with Crippen LogP contribution in [0.2, 0.25) is 0 Å². The number of benzene rings is 2. The fourth-order valence-electron chi connectivity index (χ4n) is 3.73. The zero-order valence-electron chi connectivity index (χ0n) is 18.9. The fourth-order valence-corrected chi connectivity index (χ4v) is 3.73. The van der Waals surface area contributed by atoms with Crippen LogP contribution in [0, 0.1) is 0 Å². The topological polar surface area (TPSA) is 102 Å². The number of esters is 1. The number of fused-ring (bicyclic) bond motifs is 2. The Labute approximate surface area is 192 Å². The highest BCUT2D eigenvalue weighted by Gasteiger charge is 2.28. The first kappa shape index (κ1) is 22.9. The lowest BCUT2D eigenvalue weighted by Gasteiger charge is -2.25. The van der Waals surface area contributed by atoms with Crippen molar-refractivity contribution in [1.82, 2.24) is 10.3 Å². The van der Waals surface area contributed by atoms with Gasteiger partial charge in [0.15, 0.2) is 11.5 Å². The highest BCUT2D eigenvalue weighted by molar-refractivity contribution is 5.80. The molecule has 0 amide bonds. The zero-order chi connectivity index (χ0) is 23.2. The summed E-state index contributed by atoms with van der Waals surface area (Å²) < 4.78 is 22.1. The Morgan fingerprint density at radius 2 is 2.12 bits per heavy atom. The van der Waals surface area contributed by atoms with E-state index in [4.69, 9.17) is 18.9 Å². The Morgan fingerprint density at radius 1 is 1.24 bits per heavy atom. The molecule has 2 heterocycles. The Hall–Kier alpha value is -3.23. The van der Waals surface area contributed by atoms with E-state index in [0.717, 1.165) is 28.6 Å². The van der Waals surface area contributed by atoms with Crippen molar-refractivity contribution >= 4 is 16.9 Å². The maximum Gasteiger partial charge on any atom is 0.350 e. The lowest BCUT2D eigenvalue weighted by Crippen LogP contribution is -2.38. The number of carbonyl (C=O) groups excluding carboxylic acids is 1. The molecule has 0 fully saturated rings. The second-order valence-electron chi connectivity index (χ2n) is 8.16. The summed E-state index contributed by atoms with van der Waals surface area (Å²) >= 11 is 0. The number of aliphatic hydroxyl groups excluding tert-OH is 1. The van der Waals surface area contributed by atoms with Gasteiger partial charge in [-0.05, 0) is 62.2 Å². The van der Waals surface area contributed by atoms with Gasteiger partial charge in [-0.2, -0.15) is 0 Å². The molecule has 8 heteroatoms. The quantitative estimate of drug-likeness (QED) is 0.405. The van der Waals surface area contributed by atoms with Crippen LogP contribution in [0.5, 0.6) is 17.2 Å². The number of aromatic nitrogens is 1. The van der Waals surface area contributed by atoms with Crippen molar-refractivity contribution < 1.29 is 28.8 Å². The lowest BCUT2D eigenvalue weighted by molar-refractivity contribution is -0.153. The van der Waals surface area contributed by atoms with E-state index >= 15 is 0 Å². The van der Waals surface area contributed by atoms with Gasteiger partial charge >= 0.3 is 5.97 Å². The van der Waals surface area contributed by atoms with Crippen LogP contribution in [0.3, 0.4) is 0 Å². The second kappa shape index (κ2) is 10.6. The molecule has 0 aliphatic carbocycles. The second-order valence-corrected chi connectivity index (χ2v) is 8.16. The van der Waals surface area contributed by atoms with Gasteiger partial charge in [-0.3, -0.25) is 0 Å². The smallest absolute Gasteiger partial charge is 0.350 e. The van der Waals surface area contributed by atoms with Crippen molar-refractivity contribution in [2.75, 3.05) is 26.4 Å². The molecule has 1 aliphatic rings. The average molecular weight is 455 g/mol. The molecule has 0 bridgehead atoms. The molecule has 0 unspecified atom stereocenters. The van der Waals surface area contributed by atoms with E-state index in [-0.39, 0.29) is 19.3 Å². The highest BCUT2D eigenvalue weighted by atomic mass is 16.6. The number of nitrogens with one attached hydrogen (secondary N) is 2. The number of H-pyrrole nitrogens is 1. The third-order valence-electron chi connectivity index (χ3n) is 5.43. The van der Waals surface area contributed by atoms with Crippen LogP contribution in [0.4, 0.5) is 0 Å². The molecule has 176 valence electrons. The van der Waals surface area contributed by atoms with Crippen molar-refractivity contribution in [3.05, 3.63) is 54.2 Å². The Kier molecular flexibility index (Phi) is 7.36. The van der Waals surface area contributed by atoms with Crippen molar-refractivity contribution in [3.8, 4) is 17.2 Å². The molecule has 0 spiro atoms. The van der Waals surface area contributed by atoms with Gasteiger partial charge < -0.3 is 34.4 Å². The minimum Gasteiger partial charge on any atom is -0.491 e. The summed E-state index contributed by atoms with van der Waals surface area (Å²) in [7, 11) is 0. The van der Waals surface area contributed by atoms with Crippen LogP contribution in [-0.2, 0) is 16.0 Å². The van der Waals surface area contributed by atoms with Gasteiger partial charge in [-0.15, -0.1) is 0 Å². The van der Waals surface area contributed by atoms with Crippen LogP contribution in [-0.4, -0.2) is 60.7 Å². The zero-order valence-corrected chi connectivity index (χ0v) is 18.9. The number of hydrogen-bond acceptors (Lipinski definition) is 7. The molecule has 2 aromatic carbocycles. The van der Waals surface area contributed by atoms with Crippen LogP contribution >= 0.6 is 0 Å². The maximum absolute atomic E-state index is 11.8. The molecular weight excluding hydrogens is 424 g/mol. The van der Waals surface area contributed by atoms with Crippen LogP contribution < -0.4 is 19.5 Å². The van der Waals surface area contributed by atoms with Gasteiger partial charge in [-0.1, -0.05) is 6.07 Å². The van der Waals surface area contributed by atoms with E-state index in [1.807, 2.05) is 48.7 Å². The van der Waals surface area contributed by atoms with E-state index < -0.39 is 18.2 Å². The molecule has 0 saturated heterocycles. The Balaban J connectivity index is 1.21. The minimum absolute atomic E-state index is 0.130. The summed E-state index contributed by atoms with van der Waals surface area (Å²) in [5.41, 5.74) is 2.12. The first-order valence-corrected chi connectivity index (χ1v) is 11.2. The van der Waals surface area contributed by atoms with Crippen LogP contribution in [0.25, 0.3) is 10.9 Å². The summed E-state index contributed by atoms with van der Waals surface area (Å²) in [6.45, 7) is 4.88. The standard InChI is InChI=1S/C25H30N2O6/c1-3-30-25(29)24-15-32-23-11-17(4-7-22(23)33-24)10-16(2)27-13-19(28)14-31-20-5-6-21-18(12-20)8-9-26-21/h4-9,11-12,16,19,24,26-28H,3,10,13-15H2,1-2H3/t16-,19+,24-/m1/s1. The first-order chi connectivity index (χ1) is 16.0. The number of carbonyl (C=O) groups is 1. The molecule has 0 radical (unpaired) electrons. The van der Waals surface area contributed by atoms with Gasteiger partial charge in [0.05, 0.1) is 6.61 Å². The summed E-state index contributed by atoms with van der Waals surface area (Å²) in [4.78, 5) is 15.0. The van der Waals surface area contributed by atoms with Gasteiger partial charge in [-0.25, -0.2) is 4.79 Å². The van der Waals surface area contributed by atoms with E-state index in [9.17, 15) is 9.90 Å².